The molecule has 0 radical (unpaired) electrons. The SMILES string of the molecule is CCOc1cc(CNC(=O)c2ncnc3c2CCCC3)ccn1. The van der Waals surface area contributed by atoms with Crippen LogP contribution in [0.15, 0.2) is 24.7 Å². The van der Waals surface area contributed by atoms with Crippen molar-refractivity contribution in [2.24, 2.45) is 0 Å². The molecule has 1 N–H and O–H groups in total. The van der Waals surface area contributed by atoms with Crippen molar-refractivity contribution in [3.8, 4) is 5.88 Å². The molecule has 0 atom stereocenters. The van der Waals surface area contributed by atoms with E-state index in [1.807, 2.05) is 19.1 Å². The Morgan fingerprint density at radius 1 is 1.26 bits per heavy atom. The monoisotopic (exact) mass is 312 g/mol. The molecule has 3 rings (SSSR count). The number of nitrogens with zero attached hydrogens (tertiary/aromatic N) is 3. The van der Waals surface area contributed by atoms with E-state index in [1.54, 1.807) is 6.20 Å². The first kappa shape index (κ1) is 15.4. The third kappa shape index (κ3) is 3.64. The number of carbonyl (C=O) groups is 1. The molecular formula is C17H20N4O2. The van der Waals surface area contributed by atoms with Crippen LogP contribution in [0.25, 0.3) is 0 Å². The number of nitrogens with one attached hydrogen (secondary N) is 1. The Balaban J connectivity index is 1.69. The van der Waals surface area contributed by atoms with Crippen LogP contribution in [-0.4, -0.2) is 27.5 Å². The minimum absolute atomic E-state index is 0.152. The van der Waals surface area contributed by atoms with Gasteiger partial charge in [-0.1, -0.05) is 0 Å². The molecular weight excluding hydrogens is 292 g/mol. The van der Waals surface area contributed by atoms with Crippen LogP contribution in [0.3, 0.4) is 0 Å². The third-order valence-electron chi connectivity index (χ3n) is 3.88. The summed E-state index contributed by atoms with van der Waals surface area (Å²) in [6, 6.07) is 3.69. The Hall–Kier alpha value is -2.50. The molecule has 2 aromatic heterocycles. The number of carbonyl (C=O) groups excluding carboxylic acids is 1. The van der Waals surface area contributed by atoms with E-state index in [2.05, 4.69) is 20.3 Å². The Kier molecular flexibility index (Phi) is 4.80. The fraction of sp³-hybridized carbons (Fsp3) is 0.412. The number of amides is 1. The van der Waals surface area contributed by atoms with Gasteiger partial charge in [0.05, 0.1) is 6.61 Å². The number of aromatic nitrogens is 3. The van der Waals surface area contributed by atoms with Gasteiger partial charge in [0.15, 0.2) is 0 Å². The quantitative estimate of drug-likeness (QED) is 0.914. The number of fused-ring (bicyclic) bond motifs is 1. The van der Waals surface area contributed by atoms with Crippen molar-refractivity contribution in [2.75, 3.05) is 6.61 Å². The van der Waals surface area contributed by atoms with Crippen molar-refractivity contribution in [2.45, 2.75) is 39.2 Å². The minimum Gasteiger partial charge on any atom is -0.478 e. The number of hydrogen-bond donors (Lipinski definition) is 1. The second kappa shape index (κ2) is 7.17. The maximum atomic E-state index is 12.5. The molecule has 1 aliphatic rings. The van der Waals surface area contributed by atoms with Crippen LogP contribution in [0.2, 0.25) is 0 Å². The number of ether oxygens (including phenoxy) is 1. The van der Waals surface area contributed by atoms with Crippen LogP contribution in [0.5, 0.6) is 5.88 Å². The lowest BCUT2D eigenvalue weighted by molar-refractivity contribution is 0.0944. The van der Waals surface area contributed by atoms with Gasteiger partial charge in [-0.05, 0) is 44.2 Å². The molecule has 0 unspecified atom stereocenters. The van der Waals surface area contributed by atoms with Crippen LogP contribution >= 0.6 is 0 Å². The van der Waals surface area contributed by atoms with E-state index in [-0.39, 0.29) is 5.91 Å². The van der Waals surface area contributed by atoms with Crippen LogP contribution in [0.4, 0.5) is 0 Å². The fourth-order valence-corrected chi connectivity index (χ4v) is 2.77. The average molecular weight is 312 g/mol. The highest BCUT2D eigenvalue weighted by molar-refractivity contribution is 5.93. The first-order chi connectivity index (χ1) is 11.3. The molecule has 0 spiro atoms. The molecule has 0 fully saturated rings. The van der Waals surface area contributed by atoms with Crippen molar-refractivity contribution in [1.29, 1.82) is 0 Å². The molecule has 23 heavy (non-hydrogen) atoms. The van der Waals surface area contributed by atoms with Crippen LogP contribution in [-0.2, 0) is 19.4 Å². The lowest BCUT2D eigenvalue weighted by atomic mass is 9.94. The van der Waals surface area contributed by atoms with E-state index in [9.17, 15) is 4.79 Å². The summed E-state index contributed by atoms with van der Waals surface area (Å²) in [6.07, 6.45) is 7.19. The highest BCUT2D eigenvalue weighted by Gasteiger charge is 2.19. The van der Waals surface area contributed by atoms with Gasteiger partial charge in [0.25, 0.3) is 5.91 Å². The van der Waals surface area contributed by atoms with E-state index in [0.717, 1.165) is 42.5 Å². The zero-order chi connectivity index (χ0) is 16.1. The van der Waals surface area contributed by atoms with Gasteiger partial charge < -0.3 is 10.1 Å². The molecule has 6 heteroatoms. The summed E-state index contributed by atoms with van der Waals surface area (Å²) in [4.78, 5) is 25.1. The van der Waals surface area contributed by atoms with E-state index in [1.165, 1.54) is 6.33 Å². The zero-order valence-electron chi connectivity index (χ0n) is 13.2. The summed E-state index contributed by atoms with van der Waals surface area (Å²) in [5.41, 5.74) is 3.47. The lowest BCUT2D eigenvalue weighted by Crippen LogP contribution is -2.26. The van der Waals surface area contributed by atoms with Gasteiger partial charge in [0, 0.05) is 30.1 Å². The van der Waals surface area contributed by atoms with Crippen molar-refractivity contribution >= 4 is 5.91 Å². The summed E-state index contributed by atoms with van der Waals surface area (Å²) in [5, 5.41) is 2.92. The molecule has 2 aromatic rings. The summed E-state index contributed by atoms with van der Waals surface area (Å²) >= 11 is 0. The first-order valence-corrected chi connectivity index (χ1v) is 7.96. The minimum atomic E-state index is -0.152. The molecule has 6 nitrogen and oxygen atoms in total. The van der Waals surface area contributed by atoms with Crippen molar-refractivity contribution in [3.05, 3.63) is 47.2 Å². The van der Waals surface area contributed by atoms with E-state index in [0.29, 0.717) is 24.7 Å². The Bertz CT molecular complexity index is 703. The van der Waals surface area contributed by atoms with Gasteiger partial charge >= 0.3 is 0 Å². The zero-order valence-corrected chi connectivity index (χ0v) is 13.2. The molecule has 0 aromatic carbocycles. The van der Waals surface area contributed by atoms with Gasteiger partial charge in [-0.3, -0.25) is 4.79 Å². The molecule has 1 amide bonds. The number of rotatable bonds is 5. The summed E-state index contributed by atoms with van der Waals surface area (Å²) in [7, 11) is 0. The van der Waals surface area contributed by atoms with Crippen LogP contribution < -0.4 is 10.1 Å². The Morgan fingerprint density at radius 3 is 3.00 bits per heavy atom. The van der Waals surface area contributed by atoms with Gasteiger partial charge in [0.1, 0.15) is 12.0 Å². The third-order valence-corrected chi connectivity index (χ3v) is 3.88. The summed E-state index contributed by atoms with van der Waals surface area (Å²) < 4.78 is 5.37. The highest BCUT2D eigenvalue weighted by Crippen LogP contribution is 2.21. The number of hydrogen-bond acceptors (Lipinski definition) is 5. The van der Waals surface area contributed by atoms with Crippen LogP contribution in [0.1, 0.15) is 47.1 Å². The Labute approximate surface area is 135 Å². The van der Waals surface area contributed by atoms with Crippen molar-refractivity contribution in [3.63, 3.8) is 0 Å². The first-order valence-electron chi connectivity index (χ1n) is 7.96. The molecule has 0 aliphatic heterocycles. The maximum absolute atomic E-state index is 12.5. The smallest absolute Gasteiger partial charge is 0.270 e. The Morgan fingerprint density at radius 2 is 2.13 bits per heavy atom. The predicted molar refractivity (Wildman–Crippen MR) is 85.3 cm³/mol. The van der Waals surface area contributed by atoms with Crippen molar-refractivity contribution < 1.29 is 9.53 Å². The van der Waals surface area contributed by atoms with E-state index >= 15 is 0 Å². The largest absolute Gasteiger partial charge is 0.478 e. The van der Waals surface area contributed by atoms with E-state index in [4.69, 9.17) is 4.74 Å². The fourth-order valence-electron chi connectivity index (χ4n) is 2.77. The molecule has 0 saturated carbocycles. The highest BCUT2D eigenvalue weighted by atomic mass is 16.5. The van der Waals surface area contributed by atoms with Crippen LogP contribution in [0, 0.1) is 0 Å². The number of aryl methyl sites for hydroxylation is 1. The molecule has 0 saturated heterocycles. The van der Waals surface area contributed by atoms with Gasteiger partial charge in [-0.15, -0.1) is 0 Å². The number of pyridine rings is 1. The maximum Gasteiger partial charge on any atom is 0.270 e. The molecule has 0 bridgehead atoms. The standard InChI is InChI=1S/C17H20N4O2/c1-2-23-15-9-12(7-8-18-15)10-19-17(22)16-13-5-3-4-6-14(13)20-11-21-16/h7-9,11H,2-6,10H2,1H3,(H,19,22). The van der Waals surface area contributed by atoms with Gasteiger partial charge in [-0.25, -0.2) is 15.0 Å². The summed E-state index contributed by atoms with van der Waals surface area (Å²) in [5.74, 6) is 0.416. The molecule has 120 valence electrons. The predicted octanol–water partition coefficient (Wildman–Crippen LogP) is 2.08. The van der Waals surface area contributed by atoms with E-state index < -0.39 is 0 Å². The average Bonchev–Trinajstić information content (AvgIpc) is 2.60. The molecule has 2 heterocycles. The van der Waals surface area contributed by atoms with Gasteiger partial charge in [0.2, 0.25) is 5.88 Å². The normalized spacial score (nSPS) is 13.3. The second-order valence-corrected chi connectivity index (χ2v) is 5.47. The summed E-state index contributed by atoms with van der Waals surface area (Å²) in [6.45, 7) is 2.89. The van der Waals surface area contributed by atoms with Gasteiger partial charge in [-0.2, -0.15) is 0 Å². The second-order valence-electron chi connectivity index (χ2n) is 5.47. The topological polar surface area (TPSA) is 77.0 Å². The molecule has 1 aliphatic carbocycles. The van der Waals surface area contributed by atoms with Crippen molar-refractivity contribution in [1.82, 2.24) is 20.3 Å². The lowest BCUT2D eigenvalue weighted by Gasteiger charge is -2.16.